The third kappa shape index (κ3) is 6.88. The summed E-state index contributed by atoms with van der Waals surface area (Å²) in [5.74, 6) is 3.50. The molecule has 7 nitrogen and oxygen atoms in total. The Labute approximate surface area is 200 Å². The van der Waals surface area contributed by atoms with E-state index in [2.05, 4.69) is 39.7 Å². The molecule has 0 fully saturated rings. The maximum absolute atomic E-state index is 5.84. The summed E-state index contributed by atoms with van der Waals surface area (Å²) in [6, 6.07) is 14.1. The zero-order valence-corrected chi connectivity index (χ0v) is 20.6. The van der Waals surface area contributed by atoms with Gasteiger partial charge in [-0.15, -0.1) is 24.0 Å². The van der Waals surface area contributed by atoms with Crippen LogP contribution in [0, 0.1) is 6.92 Å². The lowest BCUT2D eigenvalue weighted by atomic mass is 10.1. The zero-order chi connectivity index (χ0) is 21.3. The van der Waals surface area contributed by atoms with Crippen LogP contribution in [0.4, 0.5) is 0 Å². The van der Waals surface area contributed by atoms with Gasteiger partial charge in [0.1, 0.15) is 0 Å². The van der Waals surface area contributed by atoms with Gasteiger partial charge in [-0.2, -0.15) is 0 Å². The highest BCUT2D eigenvalue weighted by atomic mass is 127. The lowest BCUT2D eigenvalue weighted by Gasteiger charge is -2.12. The molecule has 0 saturated heterocycles. The number of nitrogens with zero attached hydrogens (tertiary/aromatic N) is 2. The predicted octanol–water partition coefficient (Wildman–Crippen LogP) is 4.19. The van der Waals surface area contributed by atoms with E-state index >= 15 is 0 Å². The second-order valence-corrected chi connectivity index (χ2v) is 6.78. The number of hydrogen-bond acceptors (Lipinski definition) is 5. The lowest BCUT2D eigenvalue weighted by Crippen LogP contribution is -2.37. The number of ether oxygens (including phenoxy) is 2. The first-order valence-corrected chi connectivity index (χ1v) is 9.80. The number of benzene rings is 2. The molecule has 0 bridgehead atoms. The fraction of sp³-hybridized carbons (Fsp3) is 0.304. The van der Waals surface area contributed by atoms with E-state index in [0.717, 1.165) is 41.4 Å². The number of hydrogen-bond donors (Lipinski definition) is 2. The Hall–Kier alpha value is -2.75. The van der Waals surface area contributed by atoms with Gasteiger partial charge in [-0.1, -0.05) is 35.9 Å². The molecule has 8 heteroatoms. The molecule has 166 valence electrons. The highest BCUT2D eigenvalue weighted by Gasteiger charge is 2.08. The quantitative estimate of drug-likeness (QED) is 0.255. The molecule has 0 aliphatic carbocycles. The van der Waals surface area contributed by atoms with Gasteiger partial charge in [0.2, 0.25) is 5.89 Å². The Morgan fingerprint density at radius 2 is 1.77 bits per heavy atom. The molecule has 3 rings (SSSR count). The standard InChI is InChI=1S/C23H28N4O3.HI/c1-16-5-8-18(9-6-16)21-14-26-22(30-21)15-27-23(24-2)25-12-11-17-7-10-19(28-3)20(13-17)29-4;/h5-10,13-14H,11-12,15H2,1-4H3,(H2,24,25,27);1H. The molecule has 0 unspecified atom stereocenters. The average molecular weight is 536 g/mol. The van der Waals surface area contributed by atoms with E-state index in [1.807, 2.05) is 30.3 Å². The molecule has 2 N–H and O–H groups in total. The van der Waals surface area contributed by atoms with Gasteiger partial charge >= 0.3 is 0 Å². The van der Waals surface area contributed by atoms with Crippen molar-refractivity contribution in [2.75, 3.05) is 27.8 Å². The summed E-state index contributed by atoms with van der Waals surface area (Å²) >= 11 is 0. The Bertz CT molecular complexity index is 987. The first-order valence-electron chi connectivity index (χ1n) is 9.80. The van der Waals surface area contributed by atoms with Crippen molar-refractivity contribution in [3.05, 3.63) is 65.7 Å². The van der Waals surface area contributed by atoms with Crippen LogP contribution in [0.15, 0.2) is 58.1 Å². The highest BCUT2D eigenvalue weighted by Crippen LogP contribution is 2.27. The highest BCUT2D eigenvalue weighted by molar-refractivity contribution is 14.0. The topological polar surface area (TPSA) is 80.9 Å². The van der Waals surface area contributed by atoms with Crippen molar-refractivity contribution >= 4 is 29.9 Å². The summed E-state index contributed by atoms with van der Waals surface area (Å²) in [6.45, 7) is 3.22. The number of oxazole rings is 1. The molecule has 2 aromatic carbocycles. The van der Waals surface area contributed by atoms with E-state index in [1.165, 1.54) is 5.56 Å². The number of halogens is 1. The first kappa shape index (κ1) is 24.5. The average Bonchev–Trinajstić information content (AvgIpc) is 3.25. The summed E-state index contributed by atoms with van der Waals surface area (Å²) in [4.78, 5) is 8.60. The predicted molar refractivity (Wildman–Crippen MR) is 134 cm³/mol. The van der Waals surface area contributed by atoms with Crippen molar-refractivity contribution in [2.24, 2.45) is 4.99 Å². The van der Waals surface area contributed by atoms with Crippen LogP contribution in [-0.4, -0.2) is 38.8 Å². The molecule has 1 heterocycles. The van der Waals surface area contributed by atoms with Crippen molar-refractivity contribution in [1.82, 2.24) is 15.6 Å². The maximum atomic E-state index is 5.84. The van der Waals surface area contributed by atoms with Crippen LogP contribution in [-0.2, 0) is 13.0 Å². The fourth-order valence-electron chi connectivity index (χ4n) is 2.98. The largest absolute Gasteiger partial charge is 0.493 e. The van der Waals surface area contributed by atoms with Crippen LogP contribution in [0.25, 0.3) is 11.3 Å². The van der Waals surface area contributed by atoms with Gasteiger partial charge in [0.25, 0.3) is 0 Å². The number of methoxy groups -OCH3 is 2. The summed E-state index contributed by atoms with van der Waals surface area (Å²) in [5.41, 5.74) is 3.37. The molecule has 0 amide bonds. The molecule has 0 aliphatic heterocycles. The molecular weight excluding hydrogens is 507 g/mol. The maximum Gasteiger partial charge on any atom is 0.214 e. The number of nitrogens with one attached hydrogen (secondary N) is 2. The van der Waals surface area contributed by atoms with Gasteiger partial charge < -0.3 is 24.5 Å². The van der Waals surface area contributed by atoms with Gasteiger partial charge in [0, 0.05) is 19.2 Å². The normalized spacial score (nSPS) is 10.9. The molecule has 1 aromatic heterocycles. The van der Waals surface area contributed by atoms with Gasteiger partial charge in [-0.25, -0.2) is 4.98 Å². The van der Waals surface area contributed by atoms with Crippen LogP contribution < -0.4 is 20.1 Å². The lowest BCUT2D eigenvalue weighted by molar-refractivity contribution is 0.354. The van der Waals surface area contributed by atoms with Crippen molar-refractivity contribution in [3.63, 3.8) is 0 Å². The van der Waals surface area contributed by atoms with E-state index in [1.54, 1.807) is 27.5 Å². The van der Waals surface area contributed by atoms with Crippen molar-refractivity contribution in [1.29, 1.82) is 0 Å². The molecule has 0 spiro atoms. The van der Waals surface area contributed by atoms with E-state index in [9.17, 15) is 0 Å². The molecular formula is C23H29IN4O3. The van der Waals surface area contributed by atoms with Crippen molar-refractivity contribution in [2.45, 2.75) is 19.9 Å². The smallest absolute Gasteiger partial charge is 0.214 e. The Morgan fingerprint density at radius 3 is 2.45 bits per heavy atom. The number of guanidine groups is 1. The Kier molecular flexibility index (Phi) is 9.64. The van der Waals surface area contributed by atoms with Crippen LogP contribution in [0.3, 0.4) is 0 Å². The number of aryl methyl sites for hydroxylation is 1. The number of aromatic nitrogens is 1. The minimum Gasteiger partial charge on any atom is -0.493 e. The second-order valence-electron chi connectivity index (χ2n) is 6.78. The van der Waals surface area contributed by atoms with Crippen molar-refractivity contribution < 1.29 is 13.9 Å². The third-order valence-corrected chi connectivity index (χ3v) is 4.67. The molecule has 0 saturated carbocycles. The Morgan fingerprint density at radius 1 is 1.03 bits per heavy atom. The molecule has 3 aromatic rings. The molecule has 0 atom stereocenters. The van der Waals surface area contributed by atoms with Crippen LogP contribution in [0.2, 0.25) is 0 Å². The van der Waals surface area contributed by atoms with E-state index in [-0.39, 0.29) is 24.0 Å². The monoisotopic (exact) mass is 536 g/mol. The summed E-state index contributed by atoms with van der Waals surface area (Å²) in [6.07, 6.45) is 2.56. The van der Waals surface area contributed by atoms with E-state index in [4.69, 9.17) is 13.9 Å². The van der Waals surface area contributed by atoms with Crippen LogP contribution in [0.1, 0.15) is 17.0 Å². The SMILES string of the molecule is CN=C(NCCc1ccc(OC)c(OC)c1)NCc1ncc(-c2ccc(C)cc2)o1.I. The number of aliphatic imine (C=N–C) groups is 1. The third-order valence-electron chi connectivity index (χ3n) is 4.67. The summed E-state index contributed by atoms with van der Waals surface area (Å²) in [7, 11) is 5.00. The minimum absolute atomic E-state index is 0. The van der Waals surface area contributed by atoms with Crippen LogP contribution in [0.5, 0.6) is 11.5 Å². The van der Waals surface area contributed by atoms with Gasteiger partial charge in [-0.3, -0.25) is 4.99 Å². The van der Waals surface area contributed by atoms with Gasteiger partial charge in [0.05, 0.1) is 27.0 Å². The number of rotatable bonds is 8. The first-order chi connectivity index (χ1) is 14.6. The molecule has 0 aliphatic rings. The second kappa shape index (κ2) is 12.2. The van der Waals surface area contributed by atoms with Gasteiger partial charge in [0.15, 0.2) is 23.2 Å². The summed E-state index contributed by atoms with van der Waals surface area (Å²) in [5, 5.41) is 6.52. The fourth-order valence-corrected chi connectivity index (χ4v) is 2.98. The Balaban J connectivity index is 0.00000341. The van der Waals surface area contributed by atoms with E-state index < -0.39 is 0 Å². The molecule has 0 radical (unpaired) electrons. The molecule has 31 heavy (non-hydrogen) atoms. The summed E-state index contributed by atoms with van der Waals surface area (Å²) < 4.78 is 16.5. The van der Waals surface area contributed by atoms with Gasteiger partial charge in [-0.05, 0) is 31.0 Å². The zero-order valence-electron chi connectivity index (χ0n) is 18.3. The van der Waals surface area contributed by atoms with E-state index in [0.29, 0.717) is 18.4 Å². The van der Waals surface area contributed by atoms with Crippen molar-refractivity contribution in [3.8, 4) is 22.8 Å². The minimum atomic E-state index is 0. The van der Waals surface area contributed by atoms with Crippen LogP contribution >= 0.6 is 24.0 Å².